The second-order valence-electron chi connectivity index (χ2n) is 3.16. The topological polar surface area (TPSA) is 56.1 Å². The molecule has 76 valence electrons. The number of hydrogen-bond donors (Lipinski definition) is 0. The lowest BCUT2D eigenvalue weighted by molar-refractivity contribution is -0.276. The first kappa shape index (κ1) is 9.81. The van der Waals surface area contributed by atoms with E-state index in [-0.39, 0.29) is 11.6 Å². The van der Waals surface area contributed by atoms with Crippen molar-refractivity contribution >= 4 is 28.2 Å². The fraction of sp³-hybridized carbons (Fsp3) is 0.200. The van der Waals surface area contributed by atoms with Crippen molar-refractivity contribution in [3.63, 3.8) is 0 Å². The van der Waals surface area contributed by atoms with Crippen LogP contribution in [-0.2, 0) is 6.54 Å². The van der Waals surface area contributed by atoms with Crippen LogP contribution in [0.4, 0.5) is 5.69 Å². The second kappa shape index (κ2) is 3.44. The summed E-state index contributed by atoms with van der Waals surface area (Å²) in [5.74, 6) is -0.294. The predicted molar refractivity (Wildman–Crippen MR) is 56.8 cm³/mol. The van der Waals surface area contributed by atoms with E-state index in [1.165, 1.54) is 0 Å². The fourth-order valence-electron chi connectivity index (χ4n) is 1.70. The van der Waals surface area contributed by atoms with Gasteiger partial charge < -0.3 is 9.67 Å². The number of aromatic nitrogens is 1. The summed E-state index contributed by atoms with van der Waals surface area (Å²) in [5.41, 5.74) is 0.786. The molecule has 1 heterocycles. The zero-order chi connectivity index (χ0) is 11.0. The Hall–Kier alpha value is -1.73. The maximum Gasteiger partial charge on any atom is 0.402 e. The minimum atomic E-state index is -0.294. The highest BCUT2D eigenvalue weighted by molar-refractivity contribution is 6.31. The normalized spacial score (nSPS) is 10.5. The molecule has 5 heteroatoms. The molecule has 2 rings (SSSR count). The van der Waals surface area contributed by atoms with Crippen LogP contribution < -0.4 is 5.11 Å². The van der Waals surface area contributed by atoms with E-state index in [1.54, 1.807) is 22.8 Å². The van der Waals surface area contributed by atoms with Crippen molar-refractivity contribution in [2.24, 2.45) is 0 Å². The van der Waals surface area contributed by atoms with Gasteiger partial charge in [-0.15, -0.1) is 0 Å². The van der Waals surface area contributed by atoms with Crippen molar-refractivity contribution in [2.45, 2.75) is 13.5 Å². The molecule has 0 fully saturated rings. The first-order valence-corrected chi connectivity index (χ1v) is 4.90. The van der Waals surface area contributed by atoms with Gasteiger partial charge in [0.1, 0.15) is 0 Å². The number of hydrogen-bond acceptors (Lipinski definition) is 2. The summed E-state index contributed by atoms with van der Waals surface area (Å²) in [6.07, 6.45) is 0. The minimum absolute atomic E-state index is 0.0503. The van der Waals surface area contributed by atoms with Crippen LogP contribution in [0.2, 0.25) is 5.02 Å². The number of diazo groups is 1. The first-order valence-electron chi connectivity index (χ1n) is 4.53. The largest absolute Gasteiger partial charge is 0.854 e. The Morgan fingerprint density at radius 1 is 1.53 bits per heavy atom. The third-order valence-corrected chi connectivity index (χ3v) is 2.60. The molecule has 0 saturated heterocycles. The van der Waals surface area contributed by atoms with Gasteiger partial charge in [-0.25, -0.2) is 0 Å². The Bertz CT molecular complexity index is 568. The molecule has 0 aliphatic rings. The molecule has 2 aromatic rings. The van der Waals surface area contributed by atoms with Crippen LogP contribution in [0.3, 0.4) is 0 Å². The second-order valence-corrected chi connectivity index (χ2v) is 3.60. The van der Waals surface area contributed by atoms with E-state index in [0.29, 0.717) is 17.0 Å². The highest BCUT2D eigenvalue weighted by atomic mass is 35.5. The van der Waals surface area contributed by atoms with E-state index in [1.807, 2.05) is 6.92 Å². The van der Waals surface area contributed by atoms with Crippen molar-refractivity contribution in [3.8, 4) is 5.88 Å². The molecule has 0 N–H and O–H groups in total. The van der Waals surface area contributed by atoms with E-state index in [4.69, 9.17) is 17.0 Å². The van der Waals surface area contributed by atoms with Gasteiger partial charge in [-0.05, 0) is 25.1 Å². The van der Waals surface area contributed by atoms with E-state index in [9.17, 15) is 5.11 Å². The molecule has 0 amide bonds. The summed E-state index contributed by atoms with van der Waals surface area (Å²) in [6.45, 7) is 2.39. The smallest absolute Gasteiger partial charge is 0.402 e. The molecule has 1 aromatic carbocycles. The Morgan fingerprint density at radius 3 is 2.87 bits per heavy atom. The van der Waals surface area contributed by atoms with Crippen LogP contribution in [0, 0.1) is 5.39 Å². The summed E-state index contributed by atoms with van der Waals surface area (Å²) in [7, 11) is 0. The van der Waals surface area contributed by atoms with Gasteiger partial charge in [-0.2, -0.15) is 0 Å². The summed E-state index contributed by atoms with van der Waals surface area (Å²) >= 11 is 5.82. The zero-order valence-corrected chi connectivity index (χ0v) is 8.82. The number of rotatable bonds is 1. The van der Waals surface area contributed by atoms with E-state index in [0.717, 1.165) is 5.52 Å². The molecule has 1 aromatic heterocycles. The predicted octanol–water partition coefficient (Wildman–Crippen LogP) is 2.87. The van der Waals surface area contributed by atoms with Gasteiger partial charge >= 0.3 is 5.69 Å². The van der Waals surface area contributed by atoms with Crippen molar-refractivity contribution in [1.29, 1.82) is 5.39 Å². The molecule has 4 nitrogen and oxygen atoms in total. The van der Waals surface area contributed by atoms with Crippen LogP contribution >= 0.6 is 11.6 Å². The van der Waals surface area contributed by atoms with Gasteiger partial charge in [-0.3, -0.25) is 0 Å². The Kier molecular flexibility index (Phi) is 2.25. The summed E-state index contributed by atoms with van der Waals surface area (Å²) in [4.78, 5) is 3.02. The molecule has 0 aliphatic heterocycles. The average molecular weight is 222 g/mol. The van der Waals surface area contributed by atoms with Gasteiger partial charge in [0, 0.05) is 11.6 Å². The average Bonchev–Trinajstić information content (AvgIpc) is 2.48. The molecule has 15 heavy (non-hydrogen) atoms. The molecule has 0 radical (unpaired) electrons. The third kappa shape index (κ3) is 1.32. The highest BCUT2D eigenvalue weighted by Gasteiger charge is 2.19. The number of benzene rings is 1. The van der Waals surface area contributed by atoms with Crippen molar-refractivity contribution in [1.82, 2.24) is 4.57 Å². The SMILES string of the molecule is CCn1c([O-])c([N+]#N)c2cc(Cl)ccc21. The highest BCUT2D eigenvalue weighted by Crippen LogP contribution is 2.37. The third-order valence-electron chi connectivity index (χ3n) is 2.37. The summed E-state index contributed by atoms with van der Waals surface area (Å²) in [5, 5.41) is 21.6. The zero-order valence-electron chi connectivity index (χ0n) is 8.07. The number of halogens is 1. The van der Waals surface area contributed by atoms with Gasteiger partial charge in [-0.1, -0.05) is 11.6 Å². The Morgan fingerprint density at radius 2 is 2.27 bits per heavy atom. The monoisotopic (exact) mass is 221 g/mol. The van der Waals surface area contributed by atoms with Gasteiger partial charge in [0.25, 0.3) is 0 Å². The van der Waals surface area contributed by atoms with Crippen LogP contribution in [0.15, 0.2) is 18.2 Å². The van der Waals surface area contributed by atoms with E-state index >= 15 is 0 Å². The van der Waals surface area contributed by atoms with Gasteiger partial charge in [0.15, 0.2) is 4.98 Å². The van der Waals surface area contributed by atoms with Gasteiger partial charge in [0.2, 0.25) is 5.39 Å². The van der Waals surface area contributed by atoms with Crippen molar-refractivity contribution in [2.75, 3.05) is 0 Å². The standard InChI is InChI=1S/C10H8ClN3O/c1-2-14-8-4-3-6(11)5-7(8)9(13-12)10(14)15/h3-5H,2H2,1H3. The number of aryl methyl sites for hydroxylation is 1. The Labute approximate surface area is 91.3 Å². The molecule has 0 bridgehead atoms. The molecular formula is C10H8ClN3O. The molecule has 0 unspecified atom stereocenters. The Balaban J connectivity index is 2.93. The molecule has 0 spiro atoms. The minimum Gasteiger partial charge on any atom is -0.854 e. The molecule has 0 aliphatic carbocycles. The molecule has 0 saturated carbocycles. The summed E-state index contributed by atoms with van der Waals surface area (Å²) < 4.78 is 1.54. The first-order chi connectivity index (χ1) is 7.19. The molecular weight excluding hydrogens is 214 g/mol. The van der Waals surface area contributed by atoms with Crippen LogP contribution in [0.1, 0.15) is 6.92 Å². The van der Waals surface area contributed by atoms with E-state index < -0.39 is 0 Å². The molecule has 0 atom stereocenters. The van der Waals surface area contributed by atoms with E-state index in [2.05, 4.69) is 4.98 Å². The lowest BCUT2D eigenvalue weighted by Crippen LogP contribution is -2.01. The van der Waals surface area contributed by atoms with Crippen LogP contribution in [0.5, 0.6) is 5.88 Å². The van der Waals surface area contributed by atoms with Gasteiger partial charge in [0.05, 0.1) is 16.8 Å². The van der Waals surface area contributed by atoms with Crippen LogP contribution in [0.25, 0.3) is 15.9 Å². The summed E-state index contributed by atoms with van der Waals surface area (Å²) in [6, 6.07) is 5.08. The maximum absolute atomic E-state index is 11.7. The lowest BCUT2D eigenvalue weighted by atomic mass is 10.2. The van der Waals surface area contributed by atoms with Crippen molar-refractivity contribution < 1.29 is 5.11 Å². The number of nitrogens with zero attached hydrogens (tertiary/aromatic N) is 3. The maximum atomic E-state index is 11.7. The fourth-order valence-corrected chi connectivity index (χ4v) is 1.87. The lowest BCUT2D eigenvalue weighted by Gasteiger charge is -2.07. The van der Waals surface area contributed by atoms with Crippen molar-refractivity contribution in [3.05, 3.63) is 28.2 Å². The van der Waals surface area contributed by atoms with Crippen LogP contribution in [-0.4, -0.2) is 4.57 Å². The number of fused-ring (bicyclic) bond motifs is 1. The quantitative estimate of drug-likeness (QED) is 0.696.